The molecule has 2 heteroatoms. The van der Waals surface area contributed by atoms with Gasteiger partial charge in [0.25, 0.3) is 0 Å². The molecule has 0 heterocycles. The molecule has 0 aliphatic rings. The first-order chi connectivity index (χ1) is 7.93. The zero-order valence-corrected chi connectivity index (χ0v) is 20.0. The summed E-state index contributed by atoms with van der Waals surface area (Å²) in [5.41, 5.74) is 0.312. The molecular formula is C17H32Y2-4. The maximum Gasteiger partial charge on any atom is 0 e. The summed E-state index contributed by atoms with van der Waals surface area (Å²) >= 11 is 0. The minimum atomic E-state index is 0. The van der Waals surface area contributed by atoms with Gasteiger partial charge in [-0.15, -0.1) is 5.41 Å². The van der Waals surface area contributed by atoms with Gasteiger partial charge in [0.1, 0.15) is 0 Å². The van der Waals surface area contributed by atoms with Crippen molar-refractivity contribution in [1.29, 1.82) is 0 Å². The minimum Gasteiger partial charge on any atom is -0.328 e. The van der Waals surface area contributed by atoms with E-state index in [1.165, 1.54) is 0 Å². The third-order valence-electron chi connectivity index (χ3n) is 5.15. The fraction of sp³-hybridized carbons (Fsp3) is 0.765. The summed E-state index contributed by atoms with van der Waals surface area (Å²) < 4.78 is 0. The Hall–Kier alpha value is 2.21. The molecule has 0 aliphatic heterocycles. The molecule has 0 nitrogen and oxygen atoms in total. The van der Waals surface area contributed by atoms with Crippen LogP contribution >= 0.6 is 0 Å². The Morgan fingerprint density at radius 3 is 0.789 bits per heavy atom. The summed E-state index contributed by atoms with van der Waals surface area (Å²) in [5.74, 6) is 2.47. The molecule has 110 valence electrons. The van der Waals surface area contributed by atoms with Crippen molar-refractivity contribution >= 4 is 0 Å². The maximum absolute atomic E-state index is 2.38. The second-order valence-electron chi connectivity index (χ2n) is 5.49. The first kappa shape index (κ1) is 26.1. The molecular weight excluding hydrogens is 382 g/mol. The van der Waals surface area contributed by atoms with Gasteiger partial charge in [0.05, 0.1) is 0 Å². The average molecular weight is 414 g/mol. The van der Waals surface area contributed by atoms with Crippen molar-refractivity contribution in [1.82, 2.24) is 0 Å². The van der Waals surface area contributed by atoms with Crippen molar-refractivity contribution in [2.24, 2.45) is 29.1 Å². The SMILES string of the molecule is C[CH-][C@@H](C)C([C@H](C)[CH-]C)([C@@H](C)[CH-]C)[C@@H](C)[CH-]C.[Y].[Y]. The van der Waals surface area contributed by atoms with Gasteiger partial charge in [0, 0.05) is 65.4 Å². The molecule has 0 rings (SSSR count). The molecule has 0 unspecified atom stereocenters. The van der Waals surface area contributed by atoms with Crippen LogP contribution < -0.4 is 0 Å². The van der Waals surface area contributed by atoms with Gasteiger partial charge in [0.15, 0.2) is 0 Å². The van der Waals surface area contributed by atoms with E-state index in [-0.39, 0.29) is 65.4 Å². The van der Waals surface area contributed by atoms with Crippen LogP contribution in [-0.2, 0) is 65.4 Å². The molecule has 0 aromatic heterocycles. The van der Waals surface area contributed by atoms with Crippen LogP contribution in [0.5, 0.6) is 0 Å². The standard InChI is InChI=1S/C17H32.2Y/c1-9-13(5)17(14(6)10-2,15(7)11-3)16(8)12-4;;/h9-16H,1-8H3;;/q-4;;/t13-,14-,15+,16+;;. The first-order valence-electron chi connectivity index (χ1n) is 7.11. The van der Waals surface area contributed by atoms with E-state index in [0.717, 1.165) is 0 Å². The van der Waals surface area contributed by atoms with Gasteiger partial charge in [-0.25, -0.2) is 0 Å². The van der Waals surface area contributed by atoms with Gasteiger partial charge in [-0.1, -0.05) is 27.7 Å². The molecule has 2 radical (unpaired) electrons. The van der Waals surface area contributed by atoms with Gasteiger partial charge < -0.3 is 25.7 Å². The molecule has 0 bridgehead atoms. The van der Waals surface area contributed by atoms with E-state index in [2.05, 4.69) is 81.1 Å². The van der Waals surface area contributed by atoms with E-state index in [1.807, 2.05) is 0 Å². The Balaban J connectivity index is -0.00000128. The van der Waals surface area contributed by atoms with E-state index in [4.69, 9.17) is 0 Å². The van der Waals surface area contributed by atoms with Gasteiger partial charge >= 0.3 is 0 Å². The average Bonchev–Trinajstić information content (AvgIpc) is 2.37. The molecule has 19 heavy (non-hydrogen) atoms. The van der Waals surface area contributed by atoms with Crippen LogP contribution in [0.15, 0.2) is 0 Å². The van der Waals surface area contributed by atoms with Crippen LogP contribution in [0.3, 0.4) is 0 Å². The number of hydrogen-bond acceptors (Lipinski definition) is 0. The topological polar surface area (TPSA) is 0 Å². The molecule has 0 aromatic rings. The Kier molecular flexibility index (Phi) is 17.5. The van der Waals surface area contributed by atoms with E-state index < -0.39 is 0 Å². The summed E-state index contributed by atoms with van der Waals surface area (Å²) in [5, 5.41) is 0. The molecule has 4 atom stereocenters. The van der Waals surface area contributed by atoms with Gasteiger partial charge in [-0.3, -0.25) is 0 Å². The van der Waals surface area contributed by atoms with Crippen molar-refractivity contribution in [2.75, 3.05) is 0 Å². The number of hydrogen-bond donors (Lipinski definition) is 0. The predicted molar refractivity (Wildman–Crippen MR) is 79.0 cm³/mol. The van der Waals surface area contributed by atoms with Crippen LogP contribution in [0.4, 0.5) is 0 Å². The molecule has 0 aliphatic carbocycles. The van der Waals surface area contributed by atoms with Gasteiger partial charge in [-0.2, -0.15) is 51.4 Å². The first-order valence-corrected chi connectivity index (χ1v) is 7.11. The normalized spacial score (nSPS) is 17.7. The zero-order valence-electron chi connectivity index (χ0n) is 14.3. The van der Waals surface area contributed by atoms with Crippen molar-refractivity contribution < 1.29 is 65.4 Å². The molecule has 0 saturated heterocycles. The van der Waals surface area contributed by atoms with E-state index >= 15 is 0 Å². The molecule has 0 N–H and O–H groups in total. The summed E-state index contributed by atoms with van der Waals surface area (Å²) in [4.78, 5) is 0. The smallest absolute Gasteiger partial charge is 0 e. The summed E-state index contributed by atoms with van der Waals surface area (Å²) in [6.45, 7) is 18.3. The summed E-state index contributed by atoms with van der Waals surface area (Å²) in [7, 11) is 0. The van der Waals surface area contributed by atoms with Crippen LogP contribution in [0, 0.1) is 54.8 Å². The van der Waals surface area contributed by atoms with E-state index in [1.54, 1.807) is 0 Å². The van der Waals surface area contributed by atoms with Crippen molar-refractivity contribution in [2.45, 2.75) is 55.4 Å². The number of rotatable bonds is 8. The Morgan fingerprint density at radius 1 is 0.526 bits per heavy atom. The Labute approximate surface area is 173 Å². The van der Waals surface area contributed by atoms with Gasteiger partial charge in [-0.05, 0) is 0 Å². The fourth-order valence-electron chi connectivity index (χ4n) is 3.64. The minimum absolute atomic E-state index is 0. The summed E-state index contributed by atoms with van der Waals surface area (Å²) in [6.07, 6.45) is 9.50. The maximum atomic E-state index is 2.38. The monoisotopic (exact) mass is 414 g/mol. The molecule has 0 fully saturated rings. The fourth-order valence-corrected chi connectivity index (χ4v) is 3.64. The van der Waals surface area contributed by atoms with E-state index in [9.17, 15) is 0 Å². The molecule has 0 saturated carbocycles. The van der Waals surface area contributed by atoms with Crippen LogP contribution in [0.25, 0.3) is 0 Å². The van der Waals surface area contributed by atoms with Crippen LogP contribution in [0.1, 0.15) is 55.4 Å². The van der Waals surface area contributed by atoms with Crippen LogP contribution in [0.2, 0.25) is 0 Å². The van der Waals surface area contributed by atoms with Gasteiger partial charge in [0.2, 0.25) is 0 Å². The third-order valence-corrected chi connectivity index (χ3v) is 5.15. The van der Waals surface area contributed by atoms with Crippen molar-refractivity contribution in [3.63, 3.8) is 0 Å². The quantitative estimate of drug-likeness (QED) is 0.466. The van der Waals surface area contributed by atoms with Crippen molar-refractivity contribution in [3.8, 4) is 0 Å². The molecule has 0 amide bonds. The third kappa shape index (κ3) is 5.73. The van der Waals surface area contributed by atoms with E-state index in [0.29, 0.717) is 29.1 Å². The second-order valence-corrected chi connectivity index (χ2v) is 5.49. The predicted octanol–water partition coefficient (Wildman–Crippen LogP) is 5.41. The molecule has 0 spiro atoms. The largest absolute Gasteiger partial charge is 0.328 e. The van der Waals surface area contributed by atoms with Crippen molar-refractivity contribution in [3.05, 3.63) is 25.7 Å². The Bertz CT molecular complexity index is 158. The second kappa shape index (κ2) is 12.7. The Morgan fingerprint density at radius 2 is 0.684 bits per heavy atom. The summed E-state index contributed by atoms with van der Waals surface area (Å²) in [6, 6.07) is 0. The zero-order chi connectivity index (χ0) is 13.6. The van der Waals surface area contributed by atoms with Crippen LogP contribution in [-0.4, -0.2) is 0 Å². The molecule has 0 aromatic carbocycles.